The molecule has 18 heavy (non-hydrogen) atoms. The molecule has 2 unspecified atom stereocenters. The van der Waals surface area contributed by atoms with Gasteiger partial charge in [0.2, 0.25) is 17.0 Å². The molecule has 2 heterocycles. The number of piperidine rings is 1. The van der Waals surface area contributed by atoms with E-state index in [2.05, 4.69) is 29.0 Å². The van der Waals surface area contributed by atoms with E-state index >= 15 is 0 Å². The molecule has 6 nitrogen and oxygen atoms in total. The molecule has 0 aliphatic carbocycles. The van der Waals surface area contributed by atoms with E-state index in [4.69, 9.17) is 5.73 Å². The lowest BCUT2D eigenvalue weighted by Gasteiger charge is -2.39. The Morgan fingerprint density at radius 3 is 2.72 bits per heavy atom. The van der Waals surface area contributed by atoms with Gasteiger partial charge in [-0.1, -0.05) is 11.8 Å². The minimum Gasteiger partial charge on any atom is -0.368 e. The maximum Gasteiger partial charge on any atom is 0.233 e. The normalized spacial score (nSPS) is 24.2. The Balaban J connectivity index is 1.90. The number of thioether (sulfide) groups is 1. The van der Waals surface area contributed by atoms with Crippen molar-refractivity contribution < 1.29 is 4.79 Å². The van der Waals surface area contributed by atoms with Crippen LogP contribution < -0.4 is 5.73 Å². The second-order valence-corrected chi connectivity index (χ2v) is 5.66. The van der Waals surface area contributed by atoms with Crippen molar-refractivity contribution in [1.29, 1.82) is 0 Å². The first-order valence-corrected chi connectivity index (χ1v) is 7.18. The average Bonchev–Trinajstić information content (AvgIpc) is 2.72. The number of carbonyl (C=O) groups is 1. The lowest BCUT2D eigenvalue weighted by atomic mass is 9.98. The fourth-order valence-corrected chi connectivity index (χ4v) is 3.11. The van der Waals surface area contributed by atoms with Gasteiger partial charge in [0.25, 0.3) is 0 Å². The van der Waals surface area contributed by atoms with Crippen LogP contribution in [0, 0.1) is 0 Å². The van der Waals surface area contributed by atoms with Crippen LogP contribution in [-0.2, 0) is 4.79 Å². The third-order valence-electron chi connectivity index (χ3n) is 3.29. The summed E-state index contributed by atoms with van der Waals surface area (Å²) >= 11 is 1.32. The molecule has 0 radical (unpaired) electrons. The largest absolute Gasteiger partial charge is 0.368 e. The number of H-pyrrole nitrogens is 1. The molecule has 1 saturated heterocycles. The van der Waals surface area contributed by atoms with E-state index < -0.39 is 0 Å². The number of likely N-dealkylation sites (tertiary alicyclic amines) is 1. The summed E-state index contributed by atoms with van der Waals surface area (Å²) in [6.07, 6.45) is 3.39. The molecule has 2 rings (SSSR count). The predicted molar refractivity (Wildman–Crippen MR) is 71.1 cm³/mol. The van der Waals surface area contributed by atoms with Crippen molar-refractivity contribution in [3.8, 4) is 0 Å². The molecular weight excluding hydrogens is 250 g/mol. The quantitative estimate of drug-likeness (QED) is 0.807. The predicted octanol–water partition coefficient (Wildman–Crippen LogP) is 1.27. The zero-order chi connectivity index (χ0) is 13.1. The number of nitrogens with two attached hydrogens (primary N) is 1. The Labute approximate surface area is 111 Å². The number of hydrogen-bond acceptors (Lipinski definition) is 5. The van der Waals surface area contributed by atoms with Gasteiger partial charge in [-0.15, -0.1) is 5.10 Å². The maximum atomic E-state index is 12.2. The fraction of sp³-hybridized carbons (Fsp3) is 0.727. The van der Waals surface area contributed by atoms with E-state index in [9.17, 15) is 4.79 Å². The van der Waals surface area contributed by atoms with E-state index in [0.29, 0.717) is 23.0 Å². The first-order valence-electron chi connectivity index (χ1n) is 6.19. The summed E-state index contributed by atoms with van der Waals surface area (Å²) in [7, 11) is 0. The van der Waals surface area contributed by atoms with Crippen molar-refractivity contribution in [2.75, 3.05) is 11.5 Å². The molecule has 3 N–H and O–H groups in total. The molecule has 1 amide bonds. The highest BCUT2D eigenvalue weighted by Gasteiger charge is 2.28. The van der Waals surface area contributed by atoms with Gasteiger partial charge in [-0.3, -0.25) is 4.79 Å². The topological polar surface area (TPSA) is 87.9 Å². The SMILES string of the molecule is CC1CCCC(C)N1C(=O)CSc1n[nH]c(N)n1. The van der Waals surface area contributed by atoms with E-state index in [0.717, 1.165) is 12.8 Å². The number of amides is 1. The number of rotatable bonds is 3. The van der Waals surface area contributed by atoms with E-state index in [-0.39, 0.29) is 11.9 Å². The minimum atomic E-state index is 0.156. The van der Waals surface area contributed by atoms with Gasteiger partial charge in [-0.2, -0.15) is 4.98 Å². The first-order chi connectivity index (χ1) is 8.58. The molecule has 0 saturated carbocycles. The number of nitrogen functional groups attached to an aromatic ring is 1. The van der Waals surface area contributed by atoms with Gasteiger partial charge in [0.05, 0.1) is 5.75 Å². The monoisotopic (exact) mass is 269 g/mol. The van der Waals surface area contributed by atoms with Gasteiger partial charge in [0.1, 0.15) is 0 Å². The van der Waals surface area contributed by atoms with E-state index in [1.807, 2.05) is 4.90 Å². The summed E-state index contributed by atoms with van der Waals surface area (Å²) in [5, 5.41) is 6.99. The summed E-state index contributed by atoms with van der Waals surface area (Å²) in [5.74, 6) is 0.805. The summed E-state index contributed by atoms with van der Waals surface area (Å²) in [4.78, 5) is 18.2. The Morgan fingerprint density at radius 2 is 2.17 bits per heavy atom. The number of hydrogen-bond donors (Lipinski definition) is 2. The van der Waals surface area contributed by atoms with Crippen molar-refractivity contribution in [3.63, 3.8) is 0 Å². The summed E-state index contributed by atoms with van der Waals surface area (Å²) in [6, 6.07) is 0.665. The van der Waals surface area contributed by atoms with Crippen LogP contribution in [0.4, 0.5) is 5.95 Å². The Morgan fingerprint density at radius 1 is 1.50 bits per heavy atom. The van der Waals surface area contributed by atoms with Crippen LogP contribution in [0.5, 0.6) is 0 Å². The summed E-state index contributed by atoms with van der Waals surface area (Å²) in [6.45, 7) is 4.23. The van der Waals surface area contributed by atoms with Crippen LogP contribution in [0.3, 0.4) is 0 Å². The highest BCUT2D eigenvalue weighted by atomic mass is 32.2. The smallest absolute Gasteiger partial charge is 0.233 e. The van der Waals surface area contributed by atoms with Gasteiger partial charge in [-0.25, -0.2) is 5.10 Å². The van der Waals surface area contributed by atoms with Crippen LogP contribution in [-0.4, -0.2) is 43.8 Å². The molecule has 7 heteroatoms. The van der Waals surface area contributed by atoms with Gasteiger partial charge in [0, 0.05) is 12.1 Å². The molecular formula is C11H19N5OS. The van der Waals surface area contributed by atoms with Crippen molar-refractivity contribution in [2.45, 2.75) is 50.4 Å². The van der Waals surface area contributed by atoms with Gasteiger partial charge in [-0.05, 0) is 33.1 Å². The van der Waals surface area contributed by atoms with Crippen LogP contribution in [0.25, 0.3) is 0 Å². The molecule has 100 valence electrons. The molecule has 0 spiro atoms. The van der Waals surface area contributed by atoms with Gasteiger partial charge >= 0.3 is 0 Å². The number of aromatic amines is 1. The number of aromatic nitrogens is 3. The van der Waals surface area contributed by atoms with Crippen LogP contribution in [0.15, 0.2) is 5.16 Å². The number of nitrogens with one attached hydrogen (secondary N) is 1. The number of carbonyl (C=O) groups excluding carboxylic acids is 1. The molecule has 0 aromatic carbocycles. The van der Waals surface area contributed by atoms with Gasteiger partial charge < -0.3 is 10.6 Å². The lowest BCUT2D eigenvalue weighted by Crippen LogP contribution is -2.48. The first kappa shape index (κ1) is 13.2. The molecule has 1 fully saturated rings. The second kappa shape index (κ2) is 5.60. The van der Waals surface area contributed by atoms with Crippen molar-refractivity contribution in [1.82, 2.24) is 20.1 Å². The summed E-state index contributed by atoms with van der Waals surface area (Å²) in [5.41, 5.74) is 5.43. The highest BCUT2D eigenvalue weighted by Crippen LogP contribution is 2.24. The minimum absolute atomic E-state index is 0.156. The van der Waals surface area contributed by atoms with Crippen molar-refractivity contribution in [2.24, 2.45) is 0 Å². The van der Waals surface area contributed by atoms with Crippen LogP contribution in [0.1, 0.15) is 33.1 Å². The average molecular weight is 269 g/mol. The zero-order valence-corrected chi connectivity index (χ0v) is 11.5. The summed E-state index contributed by atoms with van der Waals surface area (Å²) < 4.78 is 0. The highest BCUT2D eigenvalue weighted by molar-refractivity contribution is 7.99. The Bertz CT molecular complexity index is 411. The lowest BCUT2D eigenvalue weighted by molar-refractivity contribution is -0.134. The maximum absolute atomic E-state index is 12.2. The van der Waals surface area contributed by atoms with Crippen molar-refractivity contribution in [3.05, 3.63) is 0 Å². The molecule has 1 aromatic heterocycles. The molecule has 1 aliphatic rings. The zero-order valence-electron chi connectivity index (χ0n) is 10.7. The Kier molecular flexibility index (Phi) is 4.11. The van der Waals surface area contributed by atoms with E-state index in [1.54, 1.807) is 0 Å². The molecule has 0 bridgehead atoms. The molecule has 1 aromatic rings. The van der Waals surface area contributed by atoms with Crippen LogP contribution in [0.2, 0.25) is 0 Å². The van der Waals surface area contributed by atoms with Gasteiger partial charge in [0.15, 0.2) is 0 Å². The molecule has 1 aliphatic heterocycles. The van der Waals surface area contributed by atoms with E-state index in [1.165, 1.54) is 18.2 Å². The molecule has 2 atom stereocenters. The fourth-order valence-electron chi connectivity index (χ4n) is 2.44. The number of nitrogens with zero attached hydrogens (tertiary/aromatic N) is 3. The third-order valence-corrected chi connectivity index (χ3v) is 4.12. The van der Waals surface area contributed by atoms with Crippen molar-refractivity contribution >= 4 is 23.6 Å². The Hall–Kier alpha value is -1.24. The second-order valence-electron chi connectivity index (χ2n) is 4.72. The standard InChI is InChI=1S/C11H19N5OS/c1-7-4-3-5-8(2)16(7)9(17)6-18-11-13-10(12)14-15-11/h7-8H,3-6H2,1-2H3,(H3,12,13,14,15). The third kappa shape index (κ3) is 2.95. The van der Waals surface area contributed by atoms with Crippen LogP contribution >= 0.6 is 11.8 Å². The number of anilines is 1.